The van der Waals surface area contributed by atoms with Crippen LogP contribution in [0.2, 0.25) is 0 Å². The Hall–Kier alpha value is -2.21. The molecular weight excluding hydrogens is 244 g/mol. The van der Waals surface area contributed by atoms with Crippen molar-refractivity contribution in [2.75, 3.05) is 7.05 Å². The smallest absolute Gasteiger partial charge is 0.246 e. The number of amides is 2. The Morgan fingerprint density at radius 1 is 1.42 bits per heavy atom. The van der Waals surface area contributed by atoms with E-state index in [4.69, 9.17) is 0 Å². The van der Waals surface area contributed by atoms with Gasteiger partial charge in [-0.3, -0.25) is 14.5 Å². The van der Waals surface area contributed by atoms with Crippen LogP contribution in [0.3, 0.4) is 0 Å². The van der Waals surface area contributed by atoms with Crippen molar-refractivity contribution in [1.29, 1.82) is 0 Å². The summed E-state index contributed by atoms with van der Waals surface area (Å²) in [6.07, 6.45) is 3.87. The van der Waals surface area contributed by atoms with Crippen LogP contribution < -0.4 is 5.32 Å². The summed E-state index contributed by atoms with van der Waals surface area (Å²) in [7, 11) is 1.52. The topological polar surface area (TPSA) is 66.7 Å². The maximum atomic E-state index is 11.8. The van der Waals surface area contributed by atoms with Gasteiger partial charge in [-0.1, -0.05) is 6.07 Å². The molecule has 1 N–H and O–H groups in total. The highest BCUT2D eigenvalue weighted by atomic mass is 16.2. The van der Waals surface area contributed by atoms with Gasteiger partial charge in [0, 0.05) is 25.4 Å². The minimum atomic E-state index is -0.420. The fraction of sp³-hybridized carbons (Fsp3) is 0.308. The number of hydrogen-bond acceptors (Lipinski definition) is 4. The number of carbonyl (C=O) groups is 2. The summed E-state index contributed by atoms with van der Waals surface area (Å²) in [5.41, 5.74) is 2.01. The van der Waals surface area contributed by atoms with Gasteiger partial charge in [-0.25, -0.2) is 4.52 Å². The van der Waals surface area contributed by atoms with E-state index < -0.39 is 6.04 Å². The number of nitrogens with zero attached hydrogens (tertiary/aromatic N) is 3. The second-order valence-corrected chi connectivity index (χ2v) is 4.63. The molecule has 3 heterocycles. The zero-order chi connectivity index (χ0) is 13.4. The first-order chi connectivity index (χ1) is 9.16. The lowest BCUT2D eigenvalue weighted by Gasteiger charge is -2.10. The Morgan fingerprint density at radius 2 is 2.26 bits per heavy atom. The lowest BCUT2D eigenvalue weighted by atomic mass is 10.2. The van der Waals surface area contributed by atoms with Gasteiger partial charge in [0.2, 0.25) is 11.8 Å². The highest BCUT2D eigenvalue weighted by Gasteiger charge is 2.35. The molecule has 1 fully saturated rings. The van der Waals surface area contributed by atoms with E-state index in [9.17, 15) is 9.59 Å². The second kappa shape index (κ2) is 4.47. The Balaban J connectivity index is 1.73. The molecule has 3 rings (SSSR count). The number of imide groups is 1. The van der Waals surface area contributed by atoms with Crippen molar-refractivity contribution < 1.29 is 9.59 Å². The average molecular weight is 258 g/mol. The van der Waals surface area contributed by atoms with E-state index in [0.717, 1.165) is 11.1 Å². The van der Waals surface area contributed by atoms with Crippen LogP contribution in [0.15, 0.2) is 30.6 Å². The maximum Gasteiger partial charge on any atom is 0.246 e. The Morgan fingerprint density at radius 3 is 3.00 bits per heavy atom. The number of rotatable bonds is 3. The predicted molar refractivity (Wildman–Crippen MR) is 68.2 cm³/mol. The highest BCUT2D eigenvalue weighted by Crippen LogP contribution is 2.13. The van der Waals surface area contributed by atoms with Gasteiger partial charge in [-0.2, -0.15) is 5.10 Å². The van der Waals surface area contributed by atoms with Crippen LogP contribution in [0.4, 0.5) is 0 Å². The monoisotopic (exact) mass is 258 g/mol. The average Bonchev–Trinajstić information content (AvgIpc) is 2.94. The molecular formula is C13H14N4O2. The number of hydrogen-bond donors (Lipinski definition) is 1. The molecule has 1 unspecified atom stereocenters. The first-order valence-corrected chi connectivity index (χ1v) is 6.12. The van der Waals surface area contributed by atoms with Crippen molar-refractivity contribution in [1.82, 2.24) is 19.8 Å². The molecule has 1 aliphatic rings. The minimum absolute atomic E-state index is 0.137. The van der Waals surface area contributed by atoms with E-state index in [1.807, 2.05) is 24.4 Å². The van der Waals surface area contributed by atoms with Crippen LogP contribution in [0.25, 0.3) is 5.52 Å². The highest BCUT2D eigenvalue weighted by molar-refractivity contribution is 6.05. The van der Waals surface area contributed by atoms with Crippen molar-refractivity contribution >= 4 is 17.3 Å². The standard InChI is InChI=1S/C13H14N4O2/c1-16-12(18)6-10(13(16)19)14-7-9-8-15-17-5-3-2-4-11(9)17/h2-5,8,10,14H,6-7H2,1H3. The van der Waals surface area contributed by atoms with Crippen molar-refractivity contribution in [2.45, 2.75) is 19.0 Å². The summed E-state index contributed by atoms with van der Waals surface area (Å²) in [6, 6.07) is 5.40. The molecule has 2 amide bonds. The zero-order valence-corrected chi connectivity index (χ0v) is 10.5. The lowest BCUT2D eigenvalue weighted by Crippen LogP contribution is -2.36. The number of pyridine rings is 1. The Kier molecular flexibility index (Phi) is 2.79. The molecule has 0 bridgehead atoms. The molecule has 98 valence electrons. The van der Waals surface area contributed by atoms with Gasteiger partial charge in [0.25, 0.3) is 0 Å². The molecule has 2 aromatic heterocycles. The van der Waals surface area contributed by atoms with Crippen LogP contribution in [-0.2, 0) is 16.1 Å². The molecule has 19 heavy (non-hydrogen) atoms. The molecule has 0 saturated carbocycles. The quantitative estimate of drug-likeness (QED) is 0.798. The van der Waals surface area contributed by atoms with Crippen LogP contribution >= 0.6 is 0 Å². The van der Waals surface area contributed by atoms with Crippen LogP contribution in [0.5, 0.6) is 0 Å². The van der Waals surface area contributed by atoms with Crippen molar-refractivity contribution in [3.63, 3.8) is 0 Å². The fourth-order valence-electron chi connectivity index (χ4n) is 2.27. The molecule has 0 aliphatic carbocycles. The SMILES string of the molecule is CN1C(=O)CC(NCc2cnn3ccccc23)C1=O. The normalized spacial score (nSPS) is 19.6. The van der Waals surface area contributed by atoms with Gasteiger partial charge < -0.3 is 5.32 Å². The number of likely N-dealkylation sites (tertiary alicyclic amines) is 1. The van der Waals surface area contributed by atoms with E-state index in [0.29, 0.717) is 6.54 Å². The number of fused-ring (bicyclic) bond motifs is 1. The first kappa shape index (κ1) is 11.9. The molecule has 1 atom stereocenters. The van der Waals surface area contributed by atoms with E-state index in [-0.39, 0.29) is 18.2 Å². The molecule has 1 saturated heterocycles. The minimum Gasteiger partial charge on any atom is -0.301 e. The second-order valence-electron chi connectivity index (χ2n) is 4.63. The number of nitrogens with one attached hydrogen (secondary N) is 1. The number of carbonyl (C=O) groups excluding carboxylic acids is 2. The molecule has 1 aliphatic heterocycles. The van der Waals surface area contributed by atoms with E-state index in [1.54, 1.807) is 10.7 Å². The molecule has 6 heteroatoms. The summed E-state index contributed by atoms with van der Waals surface area (Å²) >= 11 is 0. The Bertz CT molecular complexity index is 649. The summed E-state index contributed by atoms with van der Waals surface area (Å²) in [5.74, 6) is -0.302. The number of aromatic nitrogens is 2. The third-order valence-electron chi connectivity index (χ3n) is 3.43. The summed E-state index contributed by atoms with van der Waals surface area (Å²) in [6.45, 7) is 0.519. The molecule has 0 radical (unpaired) electrons. The van der Waals surface area contributed by atoms with Gasteiger partial charge in [-0.15, -0.1) is 0 Å². The molecule has 0 aromatic carbocycles. The van der Waals surface area contributed by atoms with E-state index in [2.05, 4.69) is 10.4 Å². The van der Waals surface area contributed by atoms with Crippen molar-refractivity contribution in [3.05, 3.63) is 36.2 Å². The lowest BCUT2D eigenvalue weighted by molar-refractivity contribution is -0.137. The van der Waals surface area contributed by atoms with Gasteiger partial charge in [-0.05, 0) is 12.1 Å². The van der Waals surface area contributed by atoms with Gasteiger partial charge in [0.05, 0.1) is 24.2 Å². The summed E-state index contributed by atoms with van der Waals surface area (Å²) in [5, 5.41) is 7.35. The van der Waals surface area contributed by atoms with Gasteiger partial charge >= 0.3 is 0 Å². The predicted octanol–water partition coefficient (Wildman–Crippen LogP) is 0.181. The third kappa shape index (κ3) is 2.00. The zero-order valence-electron chi connectivity index (χ0n) is 10.5. The third-order valence-corrected chi connectivity index (χ3v) is 3.43. The number of likely N-dealkylation sites (N-methyl/N-ethyl adjacent to an activating group) is 1. The molecule has 6 nitrogen and oxygen atoms in total. The molecule has 0 spiro atoms. The maximum absolute atomic E-state index is 11.8. The van der Waals surface area contributed by atoms with E-state index in [1.165, 1.54) is 11.9 Å². The van der Waals surface area contributed by atoms with E-state index >= 15 is 0 Å². The van der Waals surface area contributed by atoms with Gasteiger partial charge in [0.15, 0.2) is 0 Å². The van der Waals surface area contributed by atoms with Crippen molar-refractivity contribution in [2.24, 2.45) is 0 Å². The summed E-state index contributed by atoms with van der Waals surface area (Å²) in [4.78, 5) is 24.4. The summed E-state index contributed by atoms with van der Waals surface area (Å²) < 4.78 is 1.78. The first-order valence-electron chi connectivity index (χ1n) is 6.12. The van der Waals surface area contributed by atoms with Crippen LogP contribution in [-0.4, -0.2) is 39.4 Å². The Labute approximate surface area is 110 Å². The van der Waals surface area contributed by atoms with Crippen LogP contribution in [0, 0.1) is 0 Å². The fourth-order valence-corrected chi connectivity index (χ4v) is 2.27. The largest absolute Gasteiger partial charge is 0.301 e. The van der Waals surface area contributed by atoms with Crippen LogP contribution in [0.1, 0.15) is 12.0 Å². The molecule has 2 aromatic rings. The van der Waals surface area contributed by atoms with Gasteiger partial charge in [0.1, 0.15) is 0 Å². The van der Waals surface area contributed by atoms with Crippen molar-refractivity contribution in [3.8, 4) is 0 Å².